The van der Waals surface area contributed by atoms with Crippen LogP contribution in [0.2, 0.25) is 0 Å². The number of imidazole rings is 1. The highest BCUT2D eigenvalue weighted by atomic mass is 19.1. The second kappa shape index (κ2) is 6.47. The maximum absolute atomic E-state index is 14.7. The number of aryl methyl sites for hydroxylation is 1. The first-order valence-electron chi connectivity index (χ1n) is 8.35. The number of terminal acetylenes is 1. The minimum absolute atomic E-state index is 0. The largest absolute Gasteiger partial charge is 0.495 e. The van der Waals surface area contributed by atoms with Crippen molar-refractivity contribution in [3.05, 3.63) is 63.7 Å². The maximum Gasteiger partial charge on any atom is 0.333 e. The summed E-state index contributed by atoms with van der Waals surface area (Å²) in [7, 11) is 2.93. The Hall–Kier alpha value is -4.17. The molecule has 29 heavy (non-hydrogen) atoms. The summed E-state index contributed by atoms with van der Waals surface area (Å²) < 4.78 is 36.9. The molecule has 0 aliphatic heterocycles. The monoisotopic (exact) mass is 392 g/mol. The number of fused-ring (bicyclic) bond motifs is 3. The number of hydrogen-bond acceptors (Lipinski definition) is 4. The molecule has 0 fully saturated rings. The first-order chi connectivity index (χ1) is 13.9. The Morgan fingerprint density at radius 3 is 2.52 bits per heavy atom. The van der Waals surface area contributed by atoms with Gasteiger partial charge in [0.2, 0.25) is 0 Å². The van der Waals surface area contributed by atoms with Crippen molar-refractivity contribution in [2.24, 2.45) is 7.05 Å². The van der Waals surface area contributed by atoms with Crippen molar-refractivity contribution in [3.63, 3.8) is 0 Å². The van der Waals surface area contributed by atoms with Gasteiger partial charge in [0, 0.05) is 19.9 Å². The van der Waals surface area contributed by atoms with E-state index >= 15 is 0 Å². The molecule has 0 bridgehead atoms. The topological polar surface area (TPSA) is 72.8 Å². The molecule has 6 nitrogen and oxygen atoms in total. The lowest BCUT2D eigenvalue weighted by Gasteiger charge is -2.10. The van der Waals surface area contributed by atoms with E-state index in [1.54, 1.807) is 18.2 Å². The number of nitriles is 1. The molecule has 2 aromatic heterocycles. The maximum atomic E-state index is 14.7. The Balaban J connectivity index is 0.00000256. The zero-order valence-electron chi connectivity index (χ0n) is 15.3. The number of pyridine rings is 1. The van der Waals surface area contributed by atoms with Gasteiger partial charge in [-0.1, -0.05) is 5.92 Å². The van der Waals surface area contributed by atoms with Gasteiger partial charge in [-0.25, -0.2) is 13.6 Å². The number of aromatic nitrogens is 3. The number of ether oxygens (including phenoxy) is 1. The Bertz CT molecular complexity index is 1450. The van der Waals surface area contributed by atoms with Crippen LogP contribution < -0.4 is 10.4 Å². The average molecular weight is 392 g/mol. The van der Waals surface area contributed by atoms with Crippen LogP contribution in [0.25, 0.3) is 27.6 Å². The average Bonchev–Trinajstić information content (AvgIpc) is 2.97. The molecule has 0 aliphatic rings. The summed E-state index contributed by atoms with van der Waals surface area (Å²) in [6.07, 6.45) is 6.99. The van der Waals surface area contributed by atoms with Crippen molar-refractivity contribution in [2.75, 3.05) is 7.11 Å². The molecule has 0 atom stereocenters. The number of methoxy groups -OCH3 is 1. The molecule has 2 aromatic carbocycles. The molecule has 0 aliphatic carbocycles. The zero-order valence-corrected chi connectivity index (χ0v) is 15.3. The molecular weight excluding hydrogens is 378 g/mol. The van der Waals surface area contributed by atoms with E-state index in [4.69, 9.17) is 16.4 Å². The highest BCUT2D eigenvalue weighted by Crippen LogP contribution is 2.31. The molecule has 4 rings (SSSR count). The van der Waals surface area contributed by atoms with E-state index in [9.17, 15) is 13.6 Å². The standard InChI is InChI=1S/C21H12F2N4O2.H2/c1-4-12-7-13-16(8-18(12)29-3)25-10-17-19(13)27(21(28)26(17)2)20-14(22)5-11(9-24)6-15(20)23;/h1,5-8,10H,2-3H3;1H. The van der Waals surface area contributed by atoms with Gasteiger partial charge in [0.25, 0.3) is 0 Å². The lowest BCUT2D eigenvalue weighted by Crippen LogP contribution is -2.22. The van der Waals surface area contributed by atoms with Gasteiger partial charge in [-0.2, -0.15) is 5.26 Å². The summed E-state index contributed by atoms with van der Waals surface area (Å²) in [5, 5.41) is 9.36. The molecule has 2 heterocycles. The van der Waals surface area contributed by atoms with Crippen LogP contribution >= 0.6 is 0 Å². The lowest BCUT2D eigenvalue weighted by atomic mass is 10.1. The van der Waals surface area contributed by atoms with Gasteiger partial charge < -0.3 is 4.74 Å². The molecule has 4 aromatic rings. The van der Waals surface area contributed by atoms with Crippen molar-refractivity contribution in [1.82, 2.24) is 14.1 Å². The molecule has 0 unspecified atom stereocenters. The fourth-order valence-corrected chi connectivity index (χ4v) is 3.36. The lowest BCUT2D eigenvalue weighted by molar-refractivity contribution is 0.414. The third-order valence-electron chi connectivity index (χ3n) is 4.73. The number of halogens is 2. The van der Waals surface area contributed by atoms with Crippen molar-refractivity contribution in [1.29, 1.82) is 5.26 Å². The second-order valence-corrected chi connectivity index (χ2v) is 6.28. The molecular formula is C21H14F2N4O2. The van der Waals surface area contributed by atoms with E-state index in [0.29, 0.717) is 27.7 Å². The normalized spacial score (nSPS) is 10.8. The van der Waals surface area contributed by atoms with Gasteiger partial charge in [0.1, 0.15) is 11.4 Å². The molecule has 8 heteroatoms. The number of rotatable bonds is 2. The van der Waals surface area contributed by atoms with Crippen LogP contribution in [-0.2, 0) is 7.05 Å². The van der Waals surface area contributed by atoms with Crippen LogP contribution in [0.15, 0.2) is 35.3 Å². The van der Waals surface area contributed by atoms with Crippen molar-refractivity contribution in [3.8, 4) is 29.8 Å². The molecule has 0 N–H and O–H groups in total. The summed E-state index contributed by atoms with van der Waals surface area (Å²) in [6.45, 7) is 0. The Kier molecular flexibility index (Phi) is 4.06. The van der Waals surface area contributed by atoms with Crippen LogP contribution in [0, 0.1) is 35.3 Å². The van der Waals surface area contributed by atoms with E-state index in [0.717, 1.165) is 16.7 Å². The predicted molar refractivity (Wildman–Crippen MR) is 105 cm³/mol. The van der Waals surface area contributed by atoms with Crippen molar-refractivity contribution >= 4 is 21.9 Å². The summed E-state index contributed by atoms with van der Waals surface area (Å²) >= 11 is 0. The first kappa shape index (κ1) is 18.2. The quantitative estimate of drug-likeness (QED) is 0.491. The molecule has 0 radical (unpaired) electrons. The molecule has 0 saturated heterocycles. The summed E-state index contributed by atoms with van der Waals surface area (Å²) in [4.78, 5) is 17.2. The smallest absolute Gasteiger partial charge is 0.333 e. The second-order valence-electron chi connectivity index (χ2n) is 6.28. The van der Waals surface area contributed by atoms with E-state index < -0.39 is 23.0 Å². The van der Waals surface area contributed by atoms with E-state index in [1.165, 1.54) is 24.9 Å². The van der Waals surface area contributed by atoms with Gasteiger partial charge in [-0.05, 0) is 18.2 Å². The Morgan fingerprint density at radius 2 is 1.93 bits per heavy atom. The van der Waals surface area contributed by atoms with Gasteiger partial charge in [0.15, 0.2) is 11.6 Å². The van der Waals surface area contributed by atoms with E-state index in [-0.39, 0.29) is 12.5 Å². The highest BCUT2D eigenvalue weighted by molar-refractivity contribution is 6.04. The van der Waals surface area contributed by atoms with Crippen LogP contribution in [0.3, 0.4) is 0 Å². The van der Waals surface area contributed by atoms with Crippen molar-refractivity contribution in [2.45, 2.75) is 0 Å². The SMILES string of the molecule is C#Cc1cc2c(cc1OC)ncc1c2n(-c2c(F)cc(C#N)cc2F)c(=O)n1C.[HH]. The van der Waals surface area contributed by atoms with Gasteiger partial charge in [-0.15, -0.1) is 6.42 Å². The molecule has 0 spiro atoms. The van der Waals surface area contributed by atoms with Crippen LogP contribution in [0.1, 0.15) is 12.6 Å². The van der Waals surface area contributed by atoms with Crippen LogP contribution in [-0.4, -0.2) is 21.2 Å². The third kappa shape index (κ3) is 2.54. The summed E-state index contributed by atoms with van der Waals surface area (Å²) in [5.41, 5.74) is -0.00832. The molecule has 0 amide bonds. The predicted octanol–water partition coefficient (Wildman–Crippen LogP) is 3.26. The minimum Gasteiger partial charge on any atom is -0.495 e. The fourth-order valence-electron chi connectivity index (χ4n) is 3.36. The number of benzene rings is 2. The van der Waals surface area contributed by atoms with Crippen molar-refractivity contribution < 1.29 is 14.9 Å². The third-order valence-corrected chi connectivity index (χ3v) is 4.73. The first-order valence-corrected chi connectivity index (χ1v) is 8.35. The van der Waals surface area contributed by atoms with Crippen LogP contribution in [0.4, 0.5) is 8.78 Å². The van der Waals surface area contributed by atoms with Gasteiger partial charge in [-0.3, -0.25) is 14.1 Å². The van der Waals surface area contributed by atoms with Gasteiger partial charge in [0.05, 0.1) is 47.1 Å². The summed E-state index contributed by atoms with van der Waals surface area (Å²) in [6, 6.07) is 6.62. The Morgan fingerprint density at radius 1 is 1.24 bits per heavy atom. The van der Waals surface area contributed by atoms with E-state index in [2.05, 4.69) is 10.9 Å². The van der Waals surface area contributed by atoms with E-state index in [1.807, 2.05) is 0 Å². The fraction of sp³-hybridized carbons (Fsp3) is 0.0952. The van der Waals surface area contributed by atoms with Gasteiger partial charge >= 0.3 is 5.69 Å². The molecule has 144 valence electrons. The highest BCUT2D eigenvalue weighted by Gasteiger charge is 2.22. The minimum atomic E-state index is -1.04. The Labute approximate surface area is 164 Å². The summed E-state index contributed by atoms with van der Waals surface area (Å²) in [5.74, 6) is 0.830. The number of hydrogen-bond donors (Lipinski definition) is 0. The number of nitrogens with zero attached hydrogens (tertiary/aromatic N) is 4. The van der Waals surface area contributed by atoms with Crippen LogP contribution in [0.5, 0.6) is 5.75 Å². The zero-order chi connectivity index (χ0) is 20.9. The molecule has 0 saturated carbocycles.